The first kappa shape index (κ1) is 32.6. The largest absolute Gasteiger partial charge is 0.491 e. The molecule has 1 unspecified atom stereocenters. The van der Waals surface area contributed by atoms with Crippen molar-refractivity contribution in [3.05, 3.63) is 58.1 Å². The fourth-order valence-electron chi connectivity index (χ4n) is 4.57. The summed E-state index contributed by atoms with van der Waals surface area (Å²) < 4.78 is 6.31. The van der Waals surface area contributed by atoms with Crippen molar-refractivity contribution in [1.29, 1.82) is 0 Å². The Morgan fingerprint density at radius 3 is 2.41 bits per heavy atom. The maximum Gasteiger partial charge on any atom is 0.142 e. The monoisotopic (exact) mass is 533 g/mol. The Bertz CT molecular complexity index is 937. The number of aldehydes is 2. The lowest BCUT2D eigenvalue weighted by Gasteiger charge is -2.35. The number of hydrogen-bond acceptors (Lipinski definition) is 7. The van der Waals surface area contributed by atoms with Crippen molar-refractivity contribution in [3.63, 3.8) is 0 Å². The Morgan fingerprint density at radius 2 is 1.84 bits per heavy atom. The van der Waals surface area contributed by atoms with E-state index in [1.54, 1.807) is 0 Å². The number of carbonyl (C=O) groups excluding carboxylic acids is 2. The summed E-state index contributed by atoms with van der Waals surface area (Å²) in [6.07, 6.45) is 8.28. The third-order valence-electron chi connectivity index (χ3n) is 6.33. The summed E-state index contributed by atoms with van der Waals surface area (Å²) in [5.41, 5.74) is 4.89. The van der Waals surface area contributed by atoms with E-state index < -0.39 is 0 Å². The second-order valence-electron chi connectivity index (χ2n) is 9.21. The van der Waals surface area contributed by atoms with Gasteiger partial charge in [-0.15, -0.1) is 0 Å². The summed E-state index contributed by atoms with van der Waals surface area (Å²) in [7, 11) is 3.75. The normalized spacial score (nSPS) is 16.0. The van der Waals surface area contributed by atoms with Crippen LogP contribution in [0.4, 0.5) is 5.69 Å². The SMILES string of the molecule is CC=O.CCCc1cc(Cl)ccc1C1COc2ccc(CC=O)cc2N(CC2CCC2)C1.CNC.NO. The maximum atomic E-state index is 11.0. The summed E-state index contributed by atoms with van der Waals surface area (Å²) in [4.78, 5) is 22.3. The molecule has 1 atom stereocenters. The molecule has 1 fully saturated rings. The van der Waals surface area contributed by atoms with E-state index in [4.69, 9.17) is 26.3 Å². The van der Waals surface area contributed by atoms with Gasteiger partial charge in [-0.2, -0.15) is 0 Å². The van der Waals surface area contributed by atoms with Crippen molar-refractivity contribution in [2.75, 3.05) is 38.7 Å². The molecule has 4 rings (SSSR count). The highest BCUT2D eigenvalue weighted by atomic mass is 35.5. The summed E-state index contributed by atoms with van der Waals surface area (Å²) in [5, 5.41) is 10.1. The summed E-state index contributed by atoms with van der Waals surface area (Å²) in [6.45, 7) is 6.32. The number of rotatable bonds is 7. The molecule has 1 aliphatic heterocycles. The first-order valence-electron chi connectivity index (χ1n) is 13.0. The fourth-order valence-corrected chi connectivity index (χ4v) is 4.76. The van der Waals surface area contributed by atoms with E-state index in [1.807, 2.05) is 32.3 Å². The van der Waals surface area contributed by atoms with Crippen LogP contribution in [-0.4, -0.2) is 51.6 Å². The molecule has 8 heteroatoms. The molecular formula is C29H44ClN3O4. The smallest absolute Gasteiger partial charge is 0.142 e. The molecule has 0 spiro atoms. The van der Waals surface area contributed by atoms with Crippen molar-refractivity contribution < 1.29 is 19.5 Å². The number of benzene rings is 2. The quantitative estimate of drug-likeness (QED) is 0.332. The van der Waals surface area contributed by atoms with Crippen LogP contribution in [-0.2, 0) is 22.4 Å². The number of ether oxygens (including phenoxy) is 1. The molecule has 7 nitrogen and oxygen atoms in total. The van der Waals surface area contributed by atoms with Crippen LogP contribution in [0.15, 0.2) is 36.4 Å². The second kappa shape index (κ2) is 18.7. The van der Waals surface area contributed by atoms with Crippen LogP contribution in [0.2, 0.25) is 5.02 Å². The van der Waals surface area contributed by atoms with Crippen LogP contribution in [0.3, 0.4) is 0 Å². The minimum Gasteiger partial charge on any atom is -0.491 e. The molecule has 1 heterocycles. The number of carbonyl (C=O) groups is 2. The van der Waals surface area contributed by atoms with E-state index in [0.29, 0.717) is 18.9 Å². The van der Waals surface area contributed by atoms with Crippen molar-refractivity contribution >= 4 is 29.9 Å². The highest BCUT2D eigenvalue weighted by Gasteiger charge is 2.29. The molecule has 1 saturated carbocycles. The van der Waals surface area contributed by atoms with Crippen LogP contribution in [0.5, 0.6) is 5.75 Å². The maximum absolute atomic E-state index is 11.0. The van der Waals surface area contributed by atoms with Crippen molar-refractivity contribution in [3.8, 4) is 5.75 Å². The molecule has 0 amide bonds. The number of halogens is 1. The number of nitrogens with zero attached hydrogens (tertiary/aromatic N) is 1. The zero-order valence-electron chi connectivity index (χ0n) is 22.7. The third-order valence-corrected chi connectivity index (χ3v) is 6.57. The van der Waals surface area contributed by atoms with E-state index in [9.17, 15) is 4.79 Å². The zero-order valence-corrected chi connectivity index (χ0v) is 23.5. The lowest BCUT2D eigenvalue weighted by molar-refractivity contribution is -0.107. The molecule has 2 aliphatic rings. The first-order valence-corrected chi connectivity index (χ1v) is 13.4. The first-order chi connectivity index (χ1) is 18.0. The molecule has 2 aromatic rings. The third kappa shape index (κ3) is 10.4. The number of nitrogens with one attached hydrogen (secondary N) is 1. The summed E-state index contributed by atoms with van der Waals surface area (Å²) >= 11 is 6.30. The van der Waals surface area contributed by atoms with Crippen LogP contribution in [0, 0.1) is 5.92 Å². The highest BCUT2D eigenvalue weighted by Crippen LogP contribution is 2.39. The van der Waals surface area contributed by atoms with Gasteiger partial charge in [0.2, 0.25) is 0 Å². The van der Waals surface area contributed by atoms with Crippen LogP contribution < -0.4 is 20.9 Å². The van der Waals surface area contributed by atoms with Crippen molar-refractivity contribution in [2.45, 2.75) is 58.3 Å². The molecule has 4 N–H and O–H groups in total. The Labute approximate surface area is 227 Å². The van der Waals surface area contributed by atoms with Gasteiger partial charge in [-0.1, -0.05) is 43.5 Å². The number of hydrogen-bond donors (Lipinski definition) is 3. The Hall–Kier alpha value is -2.45. The molecule has 0 saturated heterocycles. The zero-order chi connectivity index (χ0) is 27.6. The van der Waals surface area contributed by atoms with Crippen molar-refractivity contribution in [1.82, 2.24) is 5.32 Å². The average Bonchev–Trinajstić information content (AvgIpc) is 3.04. The van der Waals surface area contributed by atoms with E-state index in [-0.39, 0.29) is 0 Å². The predicted octanol–water partition coefficient (Wildman–Crippen LogP) is 5.19. The molecule has 206 valence electrons. The highest BCUT2D eigenvalue weighted by molar-refractivity contribution is 6.30. The lowest BCUT2D eigenvalue weighted by Crippen LogP contribution is -2.35. The van der Waals surface area contributed by atoms with Gasteiger partial charge in [-0.3, -0.25) is 0 Å². The number of fused-ring (bicyclic) bond motifs is 1. The standard InChI is InChI=1S/C25H30ClNO2.C2H7N.C2H4O.H3NO/c1-2-4-20-14-22(26)8-9-23(20)21-16-27(15-19-5-3-6-19)24-13-18(11-12-28)7-10-25(24)29-17-21;1-3-2;1-2-3;1-2/h7-10,12-14,19,21H,2-6,11,15-17H2,1H3;3H,1-2H3;2H,1H3;2H,1H2. The molecule has 1 aliphatic carbocycles. The van der Waals surface area contributed by atoms with Gasteiger partial charge in [0.05, 0.1) is 12.3 Å². The minimum atomic E-state index is 0.302. The van der Waals surface area contributed by atoms with Gasteiger partial charge in [-0.25, -0.2) is 5.90 Å². The Morgan fingerprint density at radius 1 is 1.16 bits per heavy atom. The van der Waals surface area contributed by atoms with Crippen LogP contribution in [0.1, 0.15) is 62.1 Å². The van der Waals surface area contributed by atoms with Crippen LogP contribution in [0.25, 0.3) is 0 Å². The number of aryl methyl sites for hydroxylation is 1. The molecule has 0 aromatic heterocycles. The Balaban J connectivity index is 0.000000767. The minimum absolute atomic E-state index is 0.302. The van der Waals surface area contributed by atoms with E-state index in [0.717, 1.165) is 66.4 Å². The van der Waals surface area contributed by atoms with Gasteiger partial charge in [0.15, 0.2) is 0 Å². The van der Waals surface area contributed by atoms with Gasteiger partial charge < -0.3 is 29.7 Å². The van der Waals surface area contributed by atoms with Crippen LogP contribution >= 0.6 is 11.6 Å². The summed E-state index contributed by atoms with van der Waals surface area (Å²) in [5.74, 6) is 5.50. The van der Waals surface area contributed by atoms with E-state index in [2.05, 4.69) is 41.2 Å². The predicted molar refractivity (Wildman–Crippen MR) is 152 cm³/mol. The van der Waals surface area contributed by atoms with E-state index >= 15 is 0 Å². The molecular weight excluding hydrogens is 490 g/mol. The van der Waals surface area contributed by atoms with Gasteiger partial charge >= 0.3 is 0 Å². The lowest BCUT2D eigenvalue weighted by atomic mass is 9.84. The van der Waals surface area contributed by atoms with Gasteiger partial charge in [0, 0.05) is 30.5 Å². The second-order valence-corrected chi connectivity index (χ2v) is 9.65. The van der Waals surface area contributed by atoms with E-state index in [1.165, 1.54) is 37.3 Å². The Kier molecular flexibility index (Phi) is 16.5. The van der Waals surface area contributed by atoms with Gasteiger partial charge in [-0.05, 0) is 87.2 Å². The number of nitrogens with two attached hydrogens (primary N) is 1. The topological polar surface area (TPSA) is 105 Å². The summed E-state index contributed by atoms with van der Waals surface area (Å²) in [6, 6.07) is 12.5. The molecule has 0 bridgehead atoms. The fraction of sp³-hybridized carbons (Fsp3) is 0.517. The average molecular weight is 534 g/mol. The van der Waals surface area contributed by atoms with Gasteiger partial charge in [0.25, 0.3) is 0 Å². The van der Waals surface area contributed by atoms with Crippen molar-refractivity contribution in [2.24, 2.45) is 11.8 Å². The molecule has 0 radical (unpaired) electrons. The molecule has 2 aromatic carbocycles. The molecule has 37 heavy (non-hydrogen) atoms. The van der Waals surface area contributed by atoms with Gasteiger partial charge in [0.1, 0.15) is 18.3 Å². The number of anilines is 1.